The van der Waals surface area contributed by atoms with Crippen LogP contribution in [0.5, 0.6) is 5.75 Å². The maximum atomic E-state index is 6.29. The summed E-state index contributed by atoms with van der Waals surface area (Å²) < 4.78 is 8.57. The van der Waals surface area contributed by atoms with Gasteiger partial charge in [-0.3, -0.25) is 4.98 Å². The Balaban J connectivity index is 0.00000272. The first-order valence-electron chi connectivity index (χ1n) is 10.3. The molecule has 0 saturated carbocycles. The molecular weight excluding hydrogens is 427 g/mol. The second-order valence-corrected chi connectivity index (χ2v) is 8.55. The molecule has 0 saturated heterocycles. The second-order valence-electron chi connectivity index (χ2n) is 8.12. The summed E-state index contributed by atoms with van der Waals surface area (Å²) in [5, 5.41) is 0.748. The molecule has 0 bridgehead atoms. The van der Waals surface area contributed by atoms with Gasteiger partial charge in [-0.2, -0.15) is 0 Å². The van der Waals surface area contributed by atoms with Gasteiger partial charge in [0.1, 0.15) is 17.9 Å². The molecule has 4 rings (SSSR count). The number of nitrogens with zero attached hydrogens (tertiary/aromatic N) is 2. The molecule has 0 amide bonds. The van der Waals surface area contributed by atoms with E-state index < -0.39 is 0 Å². The van der Waals surface area contributed by atoms with Crippen molar-refractivity contribution in [1.29, 1.82) is 0 Å². The summed E-state index contributed by atoms with van der Waals surface area (Å²) in [5.74, 6) is 1.38. The summed E-state index contributed by atoms with van der Waals surface area (Å²) in [6.07, 6.45) is 1.83. The number of benzene rings is 2. The van der Waals surface area contributed by atoms with Gasteiger partial charge in [-0.1, -0.05) is 61.8 Å². The molecule has 0 atom stereocenters. The molecule has 0 spiro atoms. The molecule has 2 heterocycles. The maximum absolute atomic E-state index is 6.29. The van der Waals surface area contributed by atoms with E-state index in [0.29, 0.717) is 12.5 Å². The third-order valence-corrected chi connectivity index (χ3v) is 5.97. The molecule has 162 valence electrons. The normalized spacial score (nSPS) is 11.0. The highest BCUT2D eigenvalue weighted by Crippen LogP contribution is 2.32. The lowest BCUT2D eigenvalue weighted by molar-refractivity contribution is 0.308. The lowest BCUT2D eigenvalue weighted by atomic mass is 10.0. The average molecular weight is 455 g/mol. The number of aromatic nitrogens is 2. The van der Waals surface area contributed by atoms with Gasteiger partial charge < -0.3 is 9.30 Å². The molecule has 0 fully saturated rings. The van der Waals surface area contributed by atoms with Crippen molar-refractivity contribution in [1.82, 2.24) is 9.55 Å². The van der Waals surface area contributed by atoms with E-state index in [1.54, 1.807) is 0 Å². The van der Waals surface area contributed by atoms with Crippen LogP contribution in [0.1, 0.15) is 47.7 Å². The monoisotopic (exact) mass is 454 g/mol. The molecule has 0 N–H and O–H groups in total. The smallest absolute Gasteiger partial charge is 0.147 e. The number of hydrogen-bond donors (Lipinski definition) is 0. The lowest BCUT2D eigenvalue weighted by Crippen LogP contribution is -2.04. The first-order valence-corrected chi connectivity index (χ1v) is 10.7. The van der Waals surface area contributed by atoms with E-state index in [9.17, 15) is 0 Å². The Bertz CT molecular complexity index is 1180. The molecule has 2 aromatic heterocycles. The Labute approximate surface area is 195 Å². The Morgan fingerprint density at radius 2 is 1.74 bits per heavy atom. The summed E-state index contributed by atoms with van der Waals surface area (Å²) in [6.45, 7) is 9.92. The Morgan fingerprint density at radius 3 is 2.42 bits per heavy atom. The largest absolute Gasteiger partial charge is 0.487 e. The number of ether oxygens (including phenoxy) is 1. The van der Waals surface area contributed by atoms with E-state index in [0.717, 1.165) is 39.5 Å². The van der Waals surface area contributed by atoms with E-state index in [4.69, 9.17) is 16.3 Å². The van der Waals surface area contributed by atoms with Gasteiger partial charge in [0, 0.05) is 29.5 Å². The van der Waals surface area contributed by atoms with Crippen molar-refractivity contribution >= 4 is 35.0 Å². The number of pyridine rings is 1. The zero-order valence-corrected chi connectivity index (χ0v) is 19.9. The second kappa shape index (κ2) is 9.76. The summed E-state index contributed by atoms with van der Waals surface area (Å²) >= 11 is 6.21. The van der Waals surface area contributed by atoms with Gasteiger partial charge in [-0.25, -0.2) is 0 Å². The number of aryl methyl sites for hydroxylation is 1. The molecule has 2 aromatic carbocycles. The molecule has 4 aromatic rings. The summed E-state index contributed by atoms with van der Waals surface area (Å²) in [5.41, 5.74) is 8.04. The van der Waals surface area contributed by atoms with Crippen LogP contribution >= 0.6 is 24.0 Å². The van der Waals surface area contributed by atoms with E-state index >= 15 is 0 Å². The lowest BCUT2D eigenvalue weighted by Gasteiger charge is -2.13. The molecule has 3 nitrogen and oxygen atoms in total. The molecule has 0 aliphatic heterocycles. The standard InChI is InChI=1S/C26H27ClN2O.ClH/c1-17(2)22-10-8-20(9-11-22)16-30-24-12-13-28-25-18(3)19(4)29(26(24)25)15-21-6-5-7-23(27)14-21;/h5-14,17H,15-16H2,1-4H3;1H. The number of halogens is 2. The SMILES string of the molecule is Cc1c(C)n(Cc2cccc(Cl)c2)c2c(OCc3ccc(C(C)C)cc3)ccnc12.Cl. The van der Waals surface area contributed by atoms with Gasteiger partial charge in [-0.05, 0) is 54.2 Å². The van der Waals surface area contributed by atoms with Crippen molar-refractivity contribution in [2.24, 2.45) is 0 Å². The van der Waals surface area contributed by atoms with E-state index in [-0.39, 0.29) is 12.4 Å². The van der Waals surface area contributed by atoms with Crippen LogP contribution in [-0.2, 0) is 13.2 Å². The minimum absolute atomic E-state index is 0. The van der Waals surface area contributed by atoms with Crippen LogP contribution < -0.4 is 4.74 Å². The first kappa shape index (κ1) is 23.2. The number of rotatable bonds is 6. The minimum Gasteiger partial charge on any atom is -0.487 e. The zero-order chi connectivity index (χ0) is 21.3. The number of fused-ring (bicyclic) bond motifs is 1. The van der Waals surface area contributed by atoms with Gasteiger partial charge in [0.25, 0.3) is 0 Å². The van der Waals surface area contributed by atoms with Gasteiger partial charge in [-0.15, -0.1) is 12.4 Å². The third-order valence-electron chi connectivity index (χ3n) is 5.73. The molecular formula is C26H28Cl2N2O. The van der Waals surface area contributed by atoms with Gasteiger partial charge >= 0.3 is 0 Å². The van der Waals surface area contributed by atoms with E-state index in [2.05, 4.69) is 67.6 Å². The Hall–Kier alpha value is -2.49. The first-order chi connectivity index (χ1) is 14.4. The van der Waals surface area contributed by atoms with Gasteiger partial charge in [0.05, 0.1) is 5.52 Å². The van der Waals surface area contributed by atoms with Crippen LogP contribution in [-0.4, -0.2) is 9.55 Å². The molecule has 31 heavy (non-hydrogen) atoms. The molecule has 5 heteroatoms. The van der Waals surface area contributed by atoms with Crippen LogP contribution in [0.4, 0.5) is 0 Å². The molecule has 0 aliphatic rings. The van der Waals surface area contributed by atoms with E-state index in [1.807, 2.05) is 30.5 Å². The predicted octanol–water partition coefficient (Wildman–Crippen LogP) is 7.48. The fourth-order valence-electron chi connectivity index (χ4n) is 3.80. The van der Waals surface area contributed by atoms with Crippen LogP contribution in [0.3, 0.4) is 0 Å². The molecule has 0 aliphatic carbocycles. The molecule has 0 radical (unpaired) electrons. The fraction of sp³-hybridized carbons (Fsp3) is 0.269. The average Bonchev–Trinajstić information content (AvgIpc) is 2.98. The van der Waals surface area contributed by atoms with E-state index in [1.165, 1.54) is 16.8 Å². The molecule has 0 unspecified atom stereocenters. The topological polar surface area (TPSA) is 27.1 Å². The maximum Gasteiger partial charge on any atom is 0.147 e. The fourth-order valence-corrected chi connectivity index (χ4v) is 4.02. The highest BCUT2D eigenvalue weighted by molar-refractivity contribution is 6.30. The van der Waals surface area contributed by atoms with Gasteiger partial charge in [0.2, 0.25) is 0 Å². The highest BCUT2D eigenvalue weighted by Gasteiger charge is 2.17. The van der Waals surface area contributed by atoms with Crippen LogP contribution in [0.25, 0.3) is 11.0 Å². The minimum atomic E-state index is 0. The zero-order valence-electron chi connectivity index (χ0n) is 18.4. The van der Waals surface area contributed by atoms with Crippen LogP contribution in [0.15, 0.2) is 60.8 Å². The van der Waals surface area contributed by atoms with Crippen molar-refractivity contribution in [2.45, 2.75) is 46.8 Å². The van der Waals surface area contributed by atoms with Crippen LogP contribution in [0, 0.1) is 13.8 Å². The van der Waals surface area contributed by atoms with Gasteiger partial charge in [0.15, 0.2) is 0 Å². The van der Waals surface area contributed by atoms with Crippen molar-refractivity contribution < 1.29 is 4.74 Å². The number of hydrogen-bond acceptors (Lipinski definition) is 2. The Morgan fingerprint density at radius 1 is 1.00 bits per heavy atom. The Kier molecular flexibility index (Phi) is 7.30. The van der Waals surface area contributed by atoms with Crippen LogP contribution in [0.2, 0.25) is 5.02 Å². The summed E-state index contributed by atoms with van der Waals surface area (Å²) in [4.78, 5) is 4.64. The quantitative estimate of drug-likeness (QED) is 0.301. The summed E-state index contributed by atoms with van der Waals surface area (Å²) in [7, 11) is 0. The third kappa shape index (κ3) is 4.89. The van der Waals surface area contributed by atoms with Crippen molar-refractivity contribution in [2.75, 3.05) is 0 Å². The predicted molar refractivity (Wildman–Crippen MR) is 132 cm³/mol. The van der Waals surface area contributed by atoms with Crippen molar-refractivity contribution in [3.8, 4) is 5.75 Å². The highest BCUT2D eigenvalue weighted by atomic mass is 35.5. The van der Waals surface area contributed by atoms with Crippen molar-refractivity contribution in [3.05, 3.63) is 93.8 Å². The van der Waals surface area contributed by atoms with Crippen molar-refractivity contribution in [3.63, 3.8) is 0 Å². The summed E-state index contributed by atoms with van der Waals surface area (Å²) in [6, 6.07) is 18.6.